The molecule has 5 aromatic rings. The monoisotopic (exact) mass is 558 g/mol. The highest BCUT2D eigenvalue weighted by Crippen LogP contribution is 2.49. The molecule has 4 aromatic carbocycles. The fourth-order valence-corrected chi connectivity index (χ4v) is 6.35. The van der Waals surface area contributed by atoms with E-state index in [-0.39, 0.29) is 0 Å². The molecule has 0 saturated carbocycles. The maximum atomic E-state index is 13.9. The number of carboxylic acid groups (broad SMARTS) is 1. The van der Waals surface area contributed by atoms with Crippen molar-refractivity contribution < 1.29 is 18.9 Å². The molecule has 2 atom stereocenters. The molecular formula is C35H30N2O3S. The van der Waals surface area contributed by atoms with Gasteiger partial charge in [0.25, 0.3) is 5.84 Å². The first-order chi connectivity index (χ1) is 20.1. The van der Waals surface area contributed by atoms with Gasteiger partial charge in [0.1, 0.15) is 13.1 Å². The van der Waals surface area contributed by atoms with Crippen molar-refractivity contribution in [1.29, 1.82) is 0 Å². The van der Waals surface area contributed by atoms with Crippen LogP contribution in [0.4, 0.5) is 0 Å². The summed E-state index contributed by atoms with van der Waals surface area (Å²) >= 11 is 1.62. The van der Waals surface area contributed by atoms with E-state index < -0.39 is 17.6 Å². The summed E-state index contributed by atoms with van der Waals surface area (Å²) in [5.74, 6) is 0.177. The second-order valence-corrected chi connectivity index (χ2v) is 11.0. The van der Waals surface area contributed by atoms with Crippen LogP contribution in [0.1, 0.15) is 34.1 Å². The number of carbonyl (C=O) groups excluding carboxylic acids is 1. The van der Waals surface area contributed by atoms with Gasteiger partial charge in [-0.25, -0.2) is 9.48 Å². The highest BCUT2D eigenvalue weighted by molar-refractivity contribution is 7.98. The summed E-state index contributed by atoms with van der Waals surface area (Å²) in [4.78, 5) is 17.0. The number of nitrogens with zero attached hydrogens (tertiary/aromatic N) is 2. The Kier molecular flexibility index (Phi) is 7.49. The van der Waals surface area contributed by atoms with Gasteiger partial charge in [0.15, 0.2) is 5.76 Å². The van der Waals surface area contributed by atoms with Crippen molar-refractivity contribution in [2.75, 3.05) is 6.26 Å². The Bertz CT molecular complexity index is 1640. The summed E-state index contributed by atoms with van der Waals surface area (Å²) in [7, 11) is 0. The summed E-state index contributed by atoms with van der Waals surface area (Å²) in [6, 6.07) is 40.9. The van der Waals surface area contributed by atoms with Gasteiger partial charge in [0.05, 0.1) is 17.8 Å². The smallest absolute Gasteiger partial charge is 0.281 e. The van der Waals surface area contributed by atoms with Crippen LogP contribution in [0.2, 0.25) is 0 Å². The van der Waals surface area contributed by atoms with Gasteiger partial charge in [-0.05, 0) is 53.8 Å². The maximum absolute atomic E-state index is 13.9. The number of benzene rings is 4. The zero-order valence-electron chi connectivity index (χ0n) is 22.7. The van der Waals surface area contributed by atoms with Gasteiger partial charge < -0.3 is 14.3 Å². The quantitative estimate of drug-likeness (QED) is 0.167. The lowest BCUT2D eigenvalue weighted by molar-refractivity contribution is -0.589. The SMILES string of the molecule is CSc1ccc(C2(C(=O)[O-])C(c3ccco3)[N+](Cc3ccccc3)=C(c3ccccc3)N2Cc2ccccc2)cc1. The number of carboxylic acids is 1. The molecule has 0 aliphatic carbocycles. The Balaban J connectivity index is 1.69. The van der Waals surface area contributed by atoms with Gasteiger partial charge in [-0.2, -0.15) is 0 Å². The lowest BCUT2D eigenvalue weighted by Crippen LogP contribution is -2.59. The van der Waals surface area contributed by atoms with Gasteiger partial charge in [-0.1, -0.05) is 91.0 Å². The average Bonchev–Trinajstić information content (AvgIpc) is 3.64. The third-order valence-corrected chi connectivity index (χ3v) is 8.47. The van der Waals surface area contributed by atoms with Crippen LogP contribution in [-0.2, 0) is 23.4 Å². The van der Waals surface area contributed by atoms with E-state index in [2.05, 4.69) is 16.7 Å². The number of hydrogen-bond acceptors (Lipinski definition) is 5. The number of rotatable bonds is 9. The molecular weight excluding hydrogens is 528 g/mol. The van der Waals surface area contributed by atoms with E-state index in [1.54, 1.807) is 18.0 Å². The molecule has 6 heteroatoms. The maximum Gasteiger partial charge on any atom is 0.281 e. The van der Waals surface area contributed by atoms with Crippen LogP contribution in [0.5, 0.6) is 0 Å². The van der Waals surface area contributed by atoms with Gasteiger partial charge >= 0.3 is 0 Å². The fourth-order valence-electron chi connectivity index (χ4n) is 5.94. The third kappa shape index (κ3) is 4.85. The fraction of sp³-hybridized carbons (Fsp3) is 0.143. The minimum atomic E-state index is -1.61. The highest BCUT2D eigenvalue weighted by Gasteiger charge is 2.64. The van der Waals surface area contributed by atoms with Gasteiger partial charge in [-0.3, -0.25) is 0 Å². The minimum Gasteiger partial charge on any atom is -0.545 e. The zero-order chi connectivity index (χ0) is 28.2. The van der Waals surface area contributed by atoms with Crippen LogP contribution in [0.25, 0.3) is 0 Å². The van der Waals surface area contributed by atoms with Gasteiger partial charge in [0, 0.05) is 10.5 Å². The lowest BCUT2D eigenvalue weighted by atomic mass is 9.80. The molecule has 6 rings (SSSR count). The summed E-state index contributed by atoms with van der Waals surface area (Å²) in [5, 5.41) is 13.9. The van der Waals surface area contributed by atoms with E-state index in [1.165, 1.54) is 0 Å². The topological polar surface area (TPSA) is 59.5 Å². The van der Waals surface area contributed by atoms with Crippen molar-refractivity contribution in [3.63, 3.8) is 0 Å². The summed E-state index contributed by atoms with van der Waals surface area (Å²) in [5.41, 5.74) is 2.00. The lowest BCUT2D eigenvalue weighted by Gasteiger charge is -2.38. The molecule has 0 radical (unpaired) electrons. The van der Waals surface area contributed by atoms with Crippen molar-refractivity contribution in [2.45, 2.75) is 29.6 Å². The Morgan fingerprint density at radius 1 is 0.829 bits per heavy atom. The Morgan fingerprint density at radius 3 is 2.00 bits per heavy atom. The molecule has 0 saturated heterocycles. The van der Waals surface area contributed by atoms with Gasteiger partial charge in [-0.15, -0.1) is 11.8 Å². The Morgan fingerprint density at radius 2 is 1.44 bits per heavy atom. The molecule has 0 spiro atoms. The van der Waals surface area contributed by atoms with Crippen molar-refractivity contribution in [3.8, 4) is 0 Å². The normalized spacial score (nSPS) is 18.6. The van der Waals surface area contributed by atoms with E-state index in [0.29, 0.717) is 24.4 Å². The van der Waals surface area contributed by atoms with Crippen molar-refractivity contribution >= 4 is 23.6 Å². The minimum absolute atomic E-state index is 0.353. The second-order valence-electron chi connectivity index (χ2n) is 10.1. The van der Waals surface area contributed by atoms with E-state index >= 15 is 0 Å². The summed E-state index contributed by atoms with van der Waals surface area (Å²) in [6.45, 7) is 0.825. The number of amidine groups is 1. The summed E-state index contributed by atoms with van der Waals surface area (Å²) < 4.78 is 8.23. The first-order valence-corrected chi connectivity index (χ1v) is 14.8. The van der Waals surface area contributed by atoms with Crippen LogP contribution in [0.15, 0.2) is 143 Å². The standard InChI is InChI=1S/C35H30N2O3S/c1-41-30-21-19-29(20-22-30)35(34(38)39)32(31-18-11-23-40-31)36(24-26-12-5-2-6-13-26)33(28-16-9-4-10-17-28)37(35)25-27-14-7-3-8-15-27/h2-23,32H,24-25H2,1H3. The van der Waals surface area contributed by atoms with Gasteiger partial charge in [0.2, 0.25) is 11.6 Å². The Hall–Kier alpha value is -4.55. The molecule has 41 heavy (non-hydrogen) atoms. The first-order valence-electron chi connectivity index (χ1n) is 13.6. The van der Waals surface area contributed by atoms with E-state index in [1.807, 2.05) is 126 Å². The van der Waals surface area contributed by atoms with E-state index in [0.717, 1.165) is 27.4 Å². The average molecular weight is 559 g/mol. The van der Waals surface area contributed by atoms with E-state index in [4.69, 9.17) is 4.42 Å². The number of hydrogen-bond donors (Lipinski definition) is 0. The van der Waals surface area contributed by atoms with Crippen molar-refractivity contribution in [1.82, 2.24) is 4.90 Å². The molecule has 2 unspecified atom stereocenters. The largest absolute Gasteiger partial charge is 0.545 e. The third-order valence-electron chi connectivity index (χ3n) is 7.73. The van der Waals surface area contributed by atoms with Crippen LogP contribution >= 0.6 is 11.8 Å². The molecule has 0 amide bonds. The van der Waals surface area contributed by atoms with Crippen LogP contribution < -0.4 is 5.11 Å². The number of thioether (sulfide) groups is 1. The summed E-state index contributed by atoms with van der Waals surface area (Å²) in [6.07, 6.45) is 3.62. The number of furan rings is 1. The predicted molar refractivity (Wildman–Crippen MR) is 159 cm³/mol. The molecule has 0 fully saturated rings. The zero-order valence-corrected chi connectivity index (χ0v) is 23.5. The molecule has 5 nitrogen and oxygen atoms in total. The van der Waals surface area contributed by atoms with Crippen LogP contribution in [0, 0.1) is 0 Å². The second kappa shape index (κ2) is 11.5. The molecule has 1 aliphatic rings. The van der Waals surface area contributed by atoms with Crippen LogP contribution in [-0.4, -0.2) is 27.5 Å². The Labute approximate surface area is 244 Å². The molecule has 0 N–H and O–H groups in total. The number of carbonyl (C=O) groups is 1. The molecule has 0 bridgehead atoms. The van der Waals surface area contributed by atoms with Crippen LogP contribution in [0.3, 0.4) is 0 Å². The molecule has 2 heterocycles. The molecule has 1 aliphatic heterocycles. The van der Waals surface area contributed by atoms with Crippen molar-refractivity contribution in [2.24, 2.45) is 0 Å². The van der Waals surface area contributed by atoms with E-state index in [9.17, 15) is 9.90 Å². The highest BCUT2D eigenvalue weighted by atomic mass is 32.2. The predicted octanol–water partition coefficient (Wildman–Crippen LogP) is 5.86. The molecule has 204 valence electrons. The first kappa shape index (κ1) is 26.7. The van der Waals surface area contributed by atoms with Crippen molar-refractivity contribution in [3.05, 3.63) is 162 Å². The number of aliphatic carboxylic acids is 1. The molecule has 1 aromatic heterocycles.